The number of pyridine rings is 1. The zero-order valence-electron chi connectivity index (χ0n) is 11.6. The Morgan fingerprint density at radius 3 is 2.29 bits per heavy atom. The summed E-state index contributed by atoms with van der Waals surface area (Å²) in [7, 11) is -3.34. The minimum atomic E-state index is -3.34. The Hall–Kier alpha value is -2.21. The van der Waals surface area contributed by atoms with Crippen molar-refractivity contribution in [2.45, 2.75) is 18.2 Å². The van der Waals surface area contributed by atoms with Crippen LogP contribution in [0.3, 0.4) is 0 Å². The molecule has 1 heterocycles. The summed E-state index contributed by atoms with van der Waals surface area (Å²) in [6, 6.07) is 9.78. The Bertz CT molecular complexity index is 710. The molecule has 0 aliphatic carbocycles. The third kappa shape index (κ3) is 4.39. The highest BCUT2D eigenvalue weighted by molar-refractivity contribution is 7.91. The fourth-order valence-electron chi connectivity index (χ4n) is 1.87. The summed E-state index contributed by atoms with van der Waals surface area (Å²) in [5, 5.41) is 2.60. The van der Waals surface area contributed by atoms with E-state index in [2.05, 4.69) is 10.3 Å². The monoisotopic (exact) mass is 304 g/mol. The van der Waals surface area contributed by atoms with Crippen molar-refractivity contribution in [2.24, 2.45) is 0 Å². The van der Waals surface area contributed by atoms with Gasteiger partial charge in [0.15, 0.2) is 9.84 Å². The van der Waals surface area contributed by atoms with E-state index in [1.165, 1.54) is 19.1 Å². The van der Waals surface area contributed by atoms with Gasteiger partial charge in [-0.05, 0) is 48.4 Å². The molecule has 6 heteroatoms. The number of aromatic nitrogens is 1. The minimum absolute atomic E-state index is 0.0382. The van der Waals surface area contributed by atoms with E-state index in [1.54, 1.807) is 36.7 Å². The van der Waals surface area contributed by atoms with Crippen LogP contribution in [0, 0.1) is 0 Å². The van der Waals surface area contributed by atoms with Crippen LogP contribution in [0.1, 0.15) is 12.5 Å². The van der Waals surface area contributed by atoms with E-state index >= 15 is 0 Å². The highest BCUT2D eigenvalue weighted by atomic mass is 32.2. The van der Waals surface area contributed by atoms with Crippen molar-refractivity contribution < 1.29 is 13.2 Å². The molecule has 110 valence electrons. The van der Waals surface area contributed by atoms with Crippen molar-refractivity contribution in [2.75, 3.05) is 11.1 Å². The molecule has 2 aromatic rings. The standard InChI is InChI=1S/C15H16N2O3S/c1-12(18)17-14-2-4-15(5-3-14)21(19,20)11-8-13-6-9-16-10-7-13/h2-7,9-10H,8,11H2,1H3,(H,17,18). The van der Waals surface area contributed by atoms with Gasteiger partial charge in [-0.2, -0.15) is 0 Å². The zero-order chi connectivity index (χ0) is 15.3. The smallest absolute Gasteiger partial charge is 0.221 e. The number of nitrogens with one attached hydrogen (secondary N) is 1. The predicted octanol–water partition coefficient (Wildman–Crippen LogP) is 2.06. The van der Waals surface area contributed by atoms with Gasteiger partial charge in [-0.3, -0.25) is 9.78 Å². The van der Waals surface area contributed by atoms with Crippen molar-refractivity contribution in [1.82, 2.24) is 4.98 Å². The van der Waals surface area contributed by atoms with Crippen molar-refractivity contribution in [3.63, 3.8) is 0 Å². The van der Waals surface area contributed by atoms with Crippen LogP contribution >= 0.6 is 0 Å². The summed E-state index contributed by atoms with van der Waals surface area (Å²) in [5.41, 5.74) is 1.51. The lowest BCUT2D eigenvalue weighted by atomic mass is 10.2. The average Bonchev–Trinajstić information content (AvgIpc) is 2.46. The molecule has 0 bridgehead atoms. The fraction of sp³-hybridized carbons (Fsp3) is 0.200. The molecule has 0 unspecified atom stereocenters. The summed E-state index contributed by atoms with van der Waals surface area (Å²) >= 11 is 0. The fourth-order valence-corrected chi connectivity index (χ4v) is 3.16. The van der Waals surface area contributed by atoms with Gasteiger partial charge in [-0.1, -0.05) is 0 Å². The number of aryl methyl sites for hydroxylation is 1. The molecule has 5 nitrogen and oxygen atoms in total. The molecule has 0 aliphatic rings. The molecule has 1 aromatic heterocycles. The second kappa shape index (κ2) is 6.49. The van der Waals surface area contributed by atoms with Gasteiger partial charge in [0.05, 0.1) is 10.6 Å². The van der Waals surface area contributed by atoms with E-state index in [9.17, 15) is 13.2 Å². The summed E-state index contributed by atoms with van der Waals surface area (Å²) in [6.07, 6.45) is 3.73. The Morgan fingerprint density at radius 1 is 1.10 bits per heavy atom. The van der Waals surface area contributed by atoms with Crippen LogP contribution in [0.5, 0.6) is 0 Å². The average molecular weight is 304 g/mol. The van der Waals surface area contributed by atoms with Gasteiger partial charge in [0.1, 0.15) is 0 Å². The molecule has 2 rings (SSSR count). The molecule has 0 aliphatic heterocycles. The first-order valence-corrected chi connectivity index (χ1v) is 8.12. The third-order valence-corrected chi connectivity index (χ3v) is 4.67. The van der Waals surface area contributed by atoms with Crippen molar-refractivity contribution >= 4 is 21.4 Å². The molecule has 0 fully saturated rings. The molecular weight excluding hydrogens is 288 g/mol. The number of carbonyl (C=O) groups excluding carboxylic acids is 1. The Balaban J connectivity index is 2.07. The number of carbonyl (C=O) groups is 1. The molecule has 0 saturated heterocycles. The molecule has 0 spiro atoms. The van der Waals surface area contributed by atoms with Gasteiger partial charge in [-0.25, -0.2) is 8.42 Å². The lowest BCUT2D eigenvalue weighted by Gasteiger charge is -2.06. The van der Waals surface area contributed by atoms with E-state index in [0.717, 1.165) is 5.56 Å². The molecule has 1 N–H and O–H groups in total. The molecule has 21 heavy (non-hydrogen) atoms. The van der Waals surface area contributed by atoms with Crippen LogP contribution in [0.25, 0.3) is 0 Å². The number of nitrogens with zero attached hydrogens (tertiary/aromatic N) is 1. The first-order valence-electron chi connectivity index (χ1n) is 6.47. The Morgan fingerprint density at radius 2 is 1.71 bits per heavy atom. The van der Waals surface area contributed by atoms with Gasteiger partial charge in [0, 0.05) is 25.0 Å². The second-order valence-electron chi connectivity index (χ2n) is 4.63. The highest BCUT2D eigenvalue weighted by Gasteiger charge is 2.14. The molecule has 0 atom stereocenters. The third-order valence-electron chi connectivity index (χ3n) is 2.94. The van der Waals surface area contributed by atoms with Gasteiger partial charge >= 0.3 is 0 Å². The second-order valence-corrected chi connectivity index (χ2v) is 6.74. The lowest BCUT2D eigenvalue weighted by Crippen LogP contribution is -2.10. The van der Waals surface area contributed by atoms with Gasteiger partial charge in [0.2, 0.25) is 5.91 Å². The first kappa shape index (κ1) is 15.2. The van der Waals surface area contributed by atoms with Crippen LogP contribution in [0.4, 0.5) is 5.69 Å². The van der Waals surface area contributed by atoms with E-state index in [1.807, 2.05) is 0 Å². The Labute approximate surface area is 124 Å². The van der Waals surface area contributed by atoms with E-state index in [-0.39, 0.29) is 16.6 Å². The molecule has 0 radical (unpaired) electrons. The zero-order valence-corrected chi connectivity index (χ0v) is 12.4. The topological polar surface area (TPSA) is 76.1 Å². The molecule has 1 aromatic carbocycles. The lowest BCUT2D eigenvalue weighted by molar-refractivity contribution is -0.114. The van der Waals surface area contributed by atoms with E-state index in [4.69, 9.17) is 0 Å². The van der Waals surface area contributed by atoms with Gasteiger partial charge in [-0.15, -0.1) is 0 Å². The normalized spacial score (nSPS) is 11.1. The minimum Gasteiger partial charge on any atom is -0.326 e. The summed E-state index contributed by atoms with van der Waals surface area (Å²) < 4.78 is 24.5. The maximum Gasteiger partial charge on any atom is 0.221 e. The molecular formula is C15H16N2O3S. The van der Waals surface area contributed by atoms with Crippen LogP contribution < -0.4 is 5.32 Å². The number of hydrogen-bond acceptors (Lipinski definition) is 4. The number of anilines is 1. The molecule has 1 amide bonds. The van der Waals surface area contributed by atoms with Crippen molar-refractivity contribution in [3.8, 4) is 0 Å². The number of benzene rings is 1. The first-order chi connectivity index (χ1) is 9.97. The SMILES string of the molecule is CC(=O)Nc1ccc(S(=O)(=O)CCc2ccncc2)cc1. The van der Waals surface area contributed by atoms with Crippen molar-refractivity contribution in [1.29, 1.82) is 0 Å². The predicted molar refractivity (Wildman–Crippen MR) is 80.7 cm³/mol. The van der Waals surface area contributed by atoms with Crippen LogP contribution in [-0.4, -0.2) is 25.1 Å². The highest BCUT2D eigenvalue weighted by Crippen LogP contribution is 2.16. The number of rotatable bonds is 5. The number of hydrogen-bond donors (Lipinski definition) is 1. The largest absolute Gasteiger partial charge is 0.326 e. The maximum absolute atomic E-state index is 12.2. The van der Waals surface area contributed by atoms with Crippen LogP contribution in [-0.2, 0) is 21.1 Å². The number of sulfone groups is 1. The summed E-state index contributed by atoms with van der Waals surface area (Å²) in [4.78, 5) is 15.1. The summed E-state index contributed by atoms with van der Waals surface area (Å²) in [6.45, 7) is 1.40. The quantitative estimate of drug-likeness (QED) is 0.917. The van der Waals surface area contributed by atoms with E-state index in [0.29, 0.717) is 12.1 Å². The molecule has 0 saturated carbocycles. The number of amides is 1. The van der Waals surface area contributed by atoms with E-state index < -0.39 is 9.84 Å². The maximum atomic E-state index is 12.2. The Kier molecular flexibility index (Phi) is 4.70. The van der Waals surface area contributed by atoms with Crippen LogP contribution in [0.2, 0.25) is 0 Å². The summed E-state index contributed by atoms with van der Waals surface area (Å²) in [5.74, 6) is -0.153. The van der Waals surface area contributed by atoms with Gasteiger partial charge < -0.3 is 5.32 Å². The van der Waals surface area contributed by atoms with Crippen molar-refractivity contribution in [3.05, 3.63) is 54.4 Å². The van der Waals surface area contributed by atoms with Gasteiger partial charge in [0.25, 0.3) is 0 Å². The van der Waals surface area contributed by atoms with Crippen LogP contribution in [0.15, 0.2) is 53.7 Å².